The molecule has 0 atom stereocenters. The zero-order chi connectivity index (χ0) is 17.9. The molecule has 2 N–H and O–H groups in total. The van der Waals surface area contributed by atoms with Crippen molar-refractivity contribution in [2.45, 2.75) is 26.7 Å². The zero-order valence-corrected chi connectivity index (χ0v) is 14.2. The molecular weight excluding hydrogens is 314 g/mol. The number of carbonyl (C=O) groups is 1. The van der Waals surface area contributed by atoms with E-state index < -0.39 is 11.8 Å². The van der Waals surface area contributed by atoms with Crippen LogP contribution in [0.2, 0.25) is 0 Å². The number of hydrogen-bond donors (Lipinski definition) is 2. The summed E-state index contributed by atoms with van der Waals surface area (Å²) >= 11 is 0. The van der Waals surface area contributed by atoms with Gasteiger partial charge in [-0.1, -0.05) is 6.92 Å². The van der Waals surface area contributed by atoms with Gasteiger partial charge in [-0.2, -0.15) is 0 Å². The van der Waals surface area contributed by atoms with Crippen molar-refractivity contribution in [3.8, 4) is 23.1 Å². The fraction of sp³-hybridized carbons (Fsp3) is 0.412. The molecule has 1 heterocycles. The van der Waals surface area contributed by atoms with Crippen LogP contribution in [0.25, 0.3) is 10.9 Å². The van der Waals surface area contributed by atoms with Gasteiger partial charge < -0.3 is 24.4 Å². The van der Waals surface area contributed by atoms with E-state index in [1.807, 2.05) is 6.92 Å². The summed E-state index contributed by atoms with van der Waals surface area (Å²) in [4.78, 5) is 15.8. The van der Waals surface area contributed by atoms with Crippen molar-refractivity contribution in [1.82, 2.24) is 4.98 Å². The molecule has 24 heavy (non-hydrogen) atoms. The number of aryl methyl sites for hydroxylation is 1. The van der Waals surface area contributed by atoms with Crippen LogP contribution >= 0.6 is 0 Å². The number of nitrogens with zero attached hydrogens (tertiary/aromatic N) is 1. The summed E-state index contributed by atoms with van der Waals surface area (Å²) in [7, 11) is 2.96. The van der Waals surface area contributed by atoms with Crippen LogP contribution in [0.4, 0.5) is 0 Å². The van der Waals surface area contributed by atoms with E-state index in [2.05, 4.69) is 4.98 Å². The molecule has 0 aliphatic heterocycles. The number of fused-ring (bicyclic) bond motifs is 1. The lowest BCUT2D eigenvalue weighted by atomic mass is 10.0. The number of methoxy groups -OCH3 is 2. The molecule has 0 saturated heterocycles. The second-order valence-electron chi connectivity index (χ2n) is 5.09. The molecule has 130 valence electrons. The Kier molecular flexibility index (Phi) is 5.33. The van der Waals surface area contributed by atoms with E-state index >= 15 is 0 Å². The molecule has 0 bridgehead atoms. The molecule has 2 aromatic rings. The number of aromatic hydroxyl groups is 2. The van der Waals surface area contributed by atoms with Gasteiger partial charge in [0.05, 0.1) is 43.7 Å². The number of rotatable bonds is 6. The van der Waals surface area contributed by atoms with Crippen molar-refractivity contribution < 1.29 is 29.2 Å². The summed E-state index contributed by atoms with van der Waals surface area (Å²) in [5.74, 6) is -0.467. The summed E-state index contributed by atoms with van der Waals surface area (Å²) in [6.07, 6.45) is 0.360. The number of carbonyl (C=O) groups excluding carboxylic acids is 1. The molecule has 0 radical (unpaired) electrons. The van der Waals surface area contributed by atoms with E-state index in [-0.39, 0.29) is 29.7 Å². The lowest BCUT2D eigenvalue weighted by Crippen LogP contribution is -2.08. The Labute approximate surface area is 139 Å². The second-order valence-corrected chi connectivity index (χ2v) is 5.09. The first-order valence-corrected chi connectivity index (χ1v) is 7.62. The van der Waals surface area contributed by atoms with Crippen LogP contribution in [0.1, 0.15) is 25.0 Å². The Morgan fingerprint density at radius 2 is 1.83 bits per heavy atom. The highest BCUT2D eigenvalue weighted by Gasteiger charge is 2.24. The SMILES string of the molecule is CCOC(=O)Cc1c(O)nc2cc(CC)c(OC)c(OC)c2c1O. The Hall–Kier alpha value is -2.70. The van der Waals surface area contributed by atoms with Crippen LogP contribution in [-0.4, -0.2) is 42.0 Å². The van der Waals surface area contributed by atoms with E-state index in [1.54, 1.807) is 13.0 Å². The Morgan fingerprint density at radius 1 is 1.17 bits per heavy atom. The van der Waals surface area contributed by atoms with Crippen molar-refractivity contribution >= 4 is 16.9 Å². The van der Waals surface area contributed by atoms with Gasteiger partial charge in [0.1, 0.15) is 5.75 Å². The lowest BCUT2D eigenvalue weighted by molar-refractivity contribution is -0.142. The van der Waals surface area contributed by atoms with E-state index in [4.69, 9.17) is 14.2 Å². The number of hydrogen-bond acceptors (Lipinski definition) is 7. The third-order valence-corrected chi connectivity index (χ3v) is 3.73. The van der Waals surface area contributed by atoms with Gasteiger partial charge in [-0.3, -0.25) is 4.79 Å². The van der Waals surface area contributed by atoms with Crippen LogP contribution < -0.4 is 9.47 Å². The maximum Gasteiger partial charge on any atom is 0.310 e. The minimum absolute atomic E-state index is 0.00875. The largest absolute Gasteiger partial charge is 0.507 e. The summed E-state index contributed by atoms with van der Waals surface area (Å²) in [5, 5.41) is 21.0. The standard InChI is InChI=1S/C17H21NO6/c1-5-9-7-11-13(16(23-4)15(9)22-3)14(20)10(17(21)18-11)8-12(19)24-6-2/h7H,5-6,8H2,1-4H3,(H2,18,20,21). The quantitative estimate of drug-likeness (QED) is 0.782. The number of esters is 1. The summed E-state index contributed by atoms with van der Waals surface area (Å²) in [6, 6.07) is 1.71. The number of ether oxygens (including phenoxy) is 3. The van der Waals surface area contributed by atoms with Gasteiger partial charge in [-0.15, -0.1) is 0 Å². The third kappa shape index (κ3) is 3.02. The first-order valence-electron chi connectivity index (χ1n) is 7.62. The van der Waals surface area contributed by atoms with Gasteiger partial charge in [0.15, 0.2) is 11.5 Å². The van der Waals surface area contributed by atoms with E-state index in [9.17, 15) is 15.0 Å². The Morgan fingerprint density at radius 3 is 2.38 bits per heavy atom. The number of pyridine rings is 1. The van der Waals surface area contributed by atoms with Crippen LogP contribution in [0.3, 0.4) is 0 Å². The van der Waals surface area contributed by atoms with Crippen molar-refractivity contribution in [2.24, 2.45) is 0 Å². The maximum absolute atomic E-state index is 11.7. The highest BCUT2D eigenvalue weighted by molar-refractivity contribution is 5.96. The van der Waals surface area contributed by atoms with Gasteiger partial charge in [-0.25, -0.2) is 4.98 Å². The molecule has 2 rings (SSSR count). The number of aromatic nitrogens is 1. The van der Waals surface area contributed by atoms with Crippen molar-refractivity contribution in [3.63, 3.8) is 0 Å². The predicted molar refractivity (Wildman–Crippen MR) is 87.9 cm³/mol. The van der Waals surface area contributed by atoms with Gasteiger partial charge in [0.25, 0.3) is 0 Å². The molecule has 7 heteroatoms. The summed E-state index contributed by atoms with van der Waals surface area (Å²) in [5.41, 5.74) is 1.17. The summed E-state index contributed by atoms with van der Waals surface area (Å²) in [6.45, 7) is 3.83. The molecule has 1 aromatic heterocycles. The van der Waals surface area contributed by atoms with E-state index in [0.717, 1.165) is 5.56 Å². The van der Waals surface area contributed by atoms with E-state index in [1.165, 1.54) is 14.2 Å². The Balaban J connectivity index is 2.75. The molecule has 0 aliphatic carbocycles. The van der Waals surface area contributed by atoms with E-state index in [0.29, 0.717) is 23.4 Å². The molecular formula is C17H21NO6. The van der Waals surface area contributed by atoms with Crippen LogP contribution in [0.15, 0.2) is 6.07 Å². The predicted octanol–water partition coefficient (Wildman–Crippen LogP) is 2.33. The van der Waals surface area contributed by atoms with Gasteiger partial charge in [0.2, 0.25) is 5.88 Å². The lowest BCUT2D eigenvalue weighted by Gasteiger charge is -2.17. The van der Waals surface area contributed by atoms with Crippen LogP contribution in [0, 0.1) is 0 Å². The molecule has 0 unspecified atom stereocenters. The maximum atomic E-state index is 11.7. The fourth-order valence-electron chi connectivity index (χ4n) is 2.63. The smallest absolute Gasteiger partial charge is 0.310 e. The van der Waals surface area contributed by atoms with Gasteiger partial charge in [-0.05, 0) is 25.0 Å². The number of benzene rings is 1. The molecule has 0 fully saturated rings. The monoisotopic (exact) mass is 335 g/mol. The molecule has 0 amide bonds. The highest BCUT2D eigenvalue weighted by atomic mass is 16.5. The second kappa shape index (κ2) is 7.25. The third-order valence-electron chi connectivity index (χ3n) is 3.73. The highest BCUT2D eigenvalue weighted by Crippen LogP contribution is 2.45. The first kappa shape index (κ1) is 17.7. The topological polar surface area (TPSA) is 98.1 Å². The van der Waals surface area contributed by atoms with Crippen molar-refractivity contribution in [1.29, 1.82) is 0 Å². The zero-order valence-electron chi connectivity index (χ0n) is 14.2. The summed E-state index contributed by atoms with van der Waals surface area (Å²) < 4.78 is 15.7. The molecule has 7 nitrogen and oxygen atoms in total. The Bertz CT molecular complexity index is 772. The first-order chi connectivity index (χ1) is 11.5. The average molecular weight is 335 g/mol. The normalized spacial score (nSPS) is 10.7. The average Bonchev–Trinajstić information content (AvgIpc) is 2.56. The van der Waals surface area contributed by atoms with Gasteiger partial charge in [0, 0.05) is 0 Å². The van der Waals surface area contributed by atoms with Crippen molar-refractivity contribution in [2.75, 3.05) is 20.8 Å². The van der Waals surface area contributed by atoms with Crippen LogP contribution in [-0.2, 0) is 22.4 Å². The molecule has 1 aromatic carbocycles. The molecule has 0 saturated carbocycles. The van der Waals surface area contributed by atoms with Crippen molar-refractivity contribution in [3.05, 3.63) is 17.2 Å². The minimum Gasteiger partial charge on any atom is -0.507 e. The van der Waals surface area contributed by atoms with Gasteiger partial charge >= 0.3 is 5.97 Å². The molecule has 0 aliphatic rings. The molecule has 0 spiro atoms. The minimum atomic E-state index is -0.569. The van der Waals surface area contributed by atoms with Crippen LogP contribution in [0.5, 0.6) is 23.1 Å². The fourth-order valence-corrected chi connectivity index (χ4v) is 2.63.